The first-order chi connectivity index (χ1) is 14.6. The molecule has 0 unspecified atom stereocenters. The number of nitrogens with zero attached hydrogens (tertiary/aromatic N) is 4. The summed E-state index contributed by atoms with van der Waals surface area (Å²) in [4.78, 5) is 22.6. The van der Waals surface area contributed by atoms with Gasteiger partial charge in [-0.05, 0) is 30.5 Å². The Hall–Kier alpha value is -2.92. The van der Waals surface area contributed by atoms with E-state index in [1.54, 1.807) is 0 Å². The fourth-order valence-corrected chi connectivity index (χ4v) is 5.16. The Kier molecular flexibility index (Phi) is 4.91. The molecule has 154 valence electrons. The summed E-state index contributed by atoms with van der Waals surface area (Å²) >= 11 is 0. The third-order valence-electron chi connectivity index (χ3n) is 6.73. The molecule has 0 saturated carbocycles. The van der Waals surface area contributed by atoms with Crippen LogP contribution in [0.1, 0.15) is 33.4 Å². The third-order valence-corrected chi connectivity index (χ3v) is 6.73. The van der Waals surface area contributed by atoms with Crippen LogP contribution in [-0.2, 0) is 13.6 Å². The van der Waals surface area contributed by atoms with Crippen LogP contribution in [-0.4, -0.2) is 44.9 Å². The lowest BCUT2D eigenvalue weighted by Crippen LogP contribution is -2.35. The highest BCUT2D eigenvalue weighted by atomic mass is 16.2. The van der Waals surface area contributed by atoms with Crippen molar-refractivity contribution in [1.29, 1.82) is 0 Å². The molecular weight excluding hydrogens is 372 g/mol. The normalized spacial score (nSPS) is 23.7. The predicted octanol–water partition coefficient (Wildman–Crippen LogP) is 3.67. The van der Waals surface area contributed by atoms with Gasteiger partial charge in [0, 0.05) is 50.6 Å². The molecule has 5 rings (SSSR count). The Morgan fingerprint density at radius 3 is 2.50 bits per heavy atom. The van der Waals surface area contributed by atoms with Crippen LogP contribution in [0.25, 0.3) is 0 Å². The van der Waals surface area contributed by atoms with Gasteiger partial charge in [-0.15, -0.1) is 0 Å². The Morgan fingerprint density at radius 1 is 1.03 bits per heavy atom. The zero-order chi connectivity index (χ0) is 20.7. The number of carbonyl (C=O) groups is 1. The van der Waals surface area contributed by atoms with Gasteiger partial charge in [-0.1, -0.05) is 48.0 Å². The number of aryl methyl sites for hydroxylation is 2. The van der Waals surface area contributed by atoms with Crippen LogP contribution in [0.15, 0.2) is 67.0 Å². The van der Waals surface area contributed by atoms with E-state index >= 15 is 0 Å². The molecule has 30 heavy (non-hydrogen) atoms. The van der Waals surface area contributed by atoms with Gasteiger partial charge >= 0.3 is 0 Å². The van der Waals surface area contributed by atoms with E-state index < -0.39 is 0 Å². The molecule has 3 atom stereocenters. The lowest BCUT2D eigenvalue weighted by Gasteiger charge is -2.30. The molecule has 3 aromatic rings. The molecule has 1 amide bonds. The van der Waals surface area contributed by atoms with Crippen LogP contribution in [0.4, 0.5) is 0 Å². The Balaban J connectivity index is 1.41. The number of carbonyl (C=O) groups excluding carboxylic acids is 1. The molecule has 0 radical (unpaired) electrons. The largest absolute Gasteiger partial charge is 0.337 e. The highest BCUT2D eigenvalue weighted by Crippen LogP contribution is 2.45. The maximum atomic E-state index is 13.5. The monoisotopic (exact) mass is 400 g/mol. The number of hydrogen-bond donors (Lipinski definition) is 0. The fraction of sp³-hybridized carbons (Fsp3) is 0.360. The number of rotatable bonds is 4. The zero-order valence-corrected chi connectivity index (χ0v) is 17.6. The average Bonchev–Trinajstić information content (AvgIpc) is 3.43. The lowest BCUT2D eigenvalue weighted by molar-refractivity contribution is 0.0699. The molecule has 5 heteroatoms. The highest BCUT2D eigenvalue weighted by Gasteiger charge is 2.49. The summed E-state index contributed by atoms with van der Waals surface area (Å²) in [5.74, 6) is 2.18. The van der Waals surface area contributed by atoms with E-state index in [0.29, 0.717) is 11.8 Å². The summed E-state index contributed by atoms with van der Waals surface area (Å²) in [5.41, 5.74) is 3.20. The van der Waals surface area contributed by atoms with Crippen molar-refractivity contribution in [2.24, 2.45) is 18.9 Å². The van der Waals surface area contributed by atoms with Gasteiger partial charge in [0.25, 0.3) is 5.91 Å². The summed E-state index contributed by atoms with van der Waals surface area (Å²) in [6.45, 7) is 5.74. The van der Waals surface area contributed by atoms with Crippen LogP contribution in [0.3, 0.4) is 0 Å². The molecular formula is C25H28N4O. The molecule has 0 aliphatic carbocycles. The lowest BCUT2D eigenvalue weighted by atomic mass is 9.89. The first-order valence-corrected chi connectivity index (χ1v) is 10.7. The van der Waals surface area contributed by atoms with Crippen molar-refractivity contribution >= 4 is 5.91 Å². The second-order valence-electron chi connectivity index (χ2n) is 8.75. The van der Waals surface area contributed by atoms with Gasteiger partial charge in [0.15, 0.2) is 0 Å². The van der Waals surface area contributed by atoms with Gasteiger partial charge in [-0.2, -0.15) is 0 Å². The van der Waals surface area contributed by atoms with Crippen LogP contribution < -0.4 is 0 Å². The molecule has 1 aromatic heterocycles. The van der Waals surface area contributed by atoms with E-state index in [9.17, 15) is 4.79 Å². The van der Waals surface area contributed by atoms with Gasteiger partial charge in [0.2, 0.25) is 0 Å². The quantitative estimate of drug-likeness (QED) is 0.671. The predicted molar refractivity (Wildman–Crippen MR) is 117 cm³/mol. The first kappa shape index (κ1) is 19.1. The van der Waals surface area contributed by atoms with Crippen molar-refractivity contribution in [1.82, 2.24) is 19.4 Å². The Bertz CT molecular complexity index is 1030. The van der Waals surface area contributed by atoms with E-state index in [1.807, 2.05) is 49.8 Å². The number of likely N-dealkylation sites (tertiary alicyclic amines) is 2. The SMILES string of the molecule is Cc1ccc(C(=O)N2C[C@@H]3CN(Cc4nccn4C)C[C@@H]3[C@H]2c2ccccc2)cc1. The third kappa shape index (κ3) is 3.43. The molecule has 2 aliphatic heterocycles. The molecule has 5 nitrogen and oxygen atoms in total. The number of aromatic nitrogens is 2. The number of imidazole rings is 1. The number of amides is 1. The van der Waals surface area contributed by atoms with Crippen molar-refractivity contribution in [3.8, 4) is 0 Å². The number of hydrogen-bond acceptors (Lipinski definition) is 3. The molecule has 0 N–H and O–H groups in total. The van der Waals surface area contributed by atoms with E-state index in [-0.39, 0.29) is 11.9 Å². The van der Waals surface area contributed by atoms with Gasteiger partial charge in [0.1, 0.15) is 5.82 Å². The summed E-state index contributed by atoms with van der Waals surface area (Å²) < 4.78 is 2.09. The van der Waals surface area contributed by atoms with Gasteiger partial charge in [-0.3, -0.25) is 9.69 Å². The van der Waals surface area contributed by atoms with Crippen LogP contribution in [0.2, 0.25) is 0 Å². The molecule has 2 saturated heterocycles. The van der Waals surface area contributed by atoms with Gasteiger partial charge < -0.3 is 9.47 Å². The standard InChI is InChI=1S/C25H28N4O/c1-18-8-10-20(11-9-18)25(30)29-15-21-14-28(17-23-26-12-13-27(23)2)16-22(21)24(29)19-6-4-3-5-7-19/h3-13,21-22,24H,14-17H2,1-2H3/t21-,22-,24+/m0/s1. The first-order valence-electron chi connectivity index (χ1n) is 10.7. The van der Waals surface area contributed by atoms with Crippen LogP contribution >= 0.6 is 0 Å². The highest BCUT2D eigenvalue weighted by molar-refractivity contribution is 5.94. The van der Waals surface area contributed by atoms with E-state index in [1.165, 1.54) is 11.1 Å². The van der Waals surface area contributed by atoms with E-state index in [0.717, 1.165) is 37.6 Å². The minimum absolute atomic E-state index is 0.122. The second kappa shape index (κ2) is 7.73. The Labute approximate surface area is 178 Å². The molecule has 0 spiro atoms. The molecule has 0 bridgehead atoms. The van der Waals surface area contributed by atoms with Gasteiger partial charge in [-0.25, -0.2) is 4.98 Å². The van der Waals surface area contributed by atoms with Gasteiger partial charge in [0.05, 0.1) is 12.6 Å². The van der Waals surface area contributed by atoms with Crippen molar-refractivity contribution in [3.05, 3.63) is 89.5 Å². The zero-order valence-electron chi connectivity index (χ0n) is 17.6. The molecule has 2 aliphatic rings. The van der Waals surface area contributed by atoms with Crippen molar-refractivity contribution in [3.63, 3.8) is 0 Å². The number of benzene rings is 2. The molecule has 3 heterocycles. The fourth-order valence-electron chi connectivity index (χ4n) is 5.16. The van der Waals surface area contributed by atoms with E-state index in [4.69, 9.17) is 0 Å². The van der Waals surface area contributed by atoms with E-state index in [2.05, 4.69) is 50.5 Å². The minimum Gasteiger partial charge on any atom is -0.337 e. The number of fused-ring (bicyclic) bond motifs is 1. The summed E-state index contributed by atoms with van der Waals surface area (Å²) in [5, 5.41) is 0. The van der Waals surface area contributed by atoms with Crippen molar-refractivity contribution < 1.29 is 4.79 Å². The topological polar surface area (TPSA) is 41.4 Å². The van der Waals surface area contributed by atoms with Crippen molar-refractivity contribution in [2.75, 3.05) is 19.6 Å². The molecule has 2 aromatic carbocycles. The van der Waals surface area contributed by atoms with Crippen LogP contribution in [0, 0.1) is 18.8 Å². The van der Waals surface area contributed by atoms with Crippen LogP contribution in [0.5, 0.6) is 0 Å². The second-order valence-corrected chi connectivity index (χ2v) is 8.75. The summed E-state index contributed by atoms with van der Waals surface area (Å²) in [6.07, 6.45) is 3.86. The minimum atomic E-state index is 0.122. The van der Waals surface area contributed by atoms with Crippen molar-refractivity contribution in [2.45, 2.75) is 19.5 Å². The molecule has 2 fully saturated rings. The maximum absolute atomic E-state index is 13.5. The summed E-state index contributed by atoms with van der Waals surface area (Å²) in [7, 11) is 2.05. The average molecular weight is 401 g/mol. The smallest absolute Gasteiger partial charge is 0.254 e. The maximum Gasteiger partial charge on any atom is 0.254 e. The summed E-state index contributed by atoms with van der Waals surface area (Å²) in [6, 6.07) is 18.6. The Morgan fingerprint density at radius 2 is 1.80 bits per heavy atom.